The molecular weight excluding hydrogens is 302 g/mol. The van der Waals surface area contributed by atoms with Crippen LogP contribution in [0.1, 0.15) is 18.5 Å². The predicted octanol–water partition coefficient (Wildman–Crippen LogP) is 2.15. The van der Waals surface area contributed by atoms with Gasteiger partial charge in [-0.15, -0.1) is 5.10 Å². The van der Waals surface area contributed by atoms with Crippen LogP contribution in [0.3, 0.4) is 0 Å². The fourth-order valence-electron chi connectivity index (χ4n) is 2.35. The second kappa shape index (κ2) is 7.28. The maximum absolute atomic E-state index is 12.5. The van der Waals surface area contributed by atoms with E-state index in [1.807, 2.05) is 18.2 Å². The van der Waals surface area contributed by atoms with Crippen molar-refractivity contribution in [3.63, 3.8) is 0 Å². The number of amides is 2. The van der Waals surface area contributed by atoms with Gasteiger partial charge in [-0.05, 0) is 25.0 Å². The van der Waals surface area contributed by atoms with Crippen LogP contribution in [0.2, 0.25) is 0 Å². The molecule has 2 amide bonds. The van der Waals surface area contributed by atoms with Crippen LogP contribution in [0.4, 0.5) is 9.80 Å². The predicted molar refractivity (Wildman–Crippen MR) is 82.5 cm³/mol. The summed E-state index contributed by atoms with van der Waals surface area (Å²) in [4.78, 5) is 18.5. The minimum Gasteiger partial charge on any atom is -0.376 e. The number of nitrogens with one attached hydrogen (secondary N) is 1. The van der Waals surface area contributed by atoms with E-state index < -0.39 is 0 Å². The number of ether oxygens (including phenoxy) is 1. The van der Waals surface area contributed by atoms with E-state index in [0.29, 0.717) is 18.1 Å². The van der Waals surface area contributed by atoms with E-state index in [1.165, 1.54) is 6.20 Å². The fourth-order valence-corrected chi connectivity index (χ4v) is 2.76. The second-order valence-corrected chi connectivity index (χ2v) is 5.83. The summed E-state index contributed by atoms with van der Waals surface area (Å²) >= 11 is 1.15. The lowest BCUT2D eigenvalue weighted by Gasteiger charge is -2.25. The van der Waals surface area contributed by atoms with Crippen molar-refractivity contribution >= 4 is 22.6 Å². The number of hydrogen-bond acceptors (Lipinski definition) is 6. The minimum absolute atomic E-state index is 0.0917. The van der Waals surface area contributed by atoms with E-state index in [2.05, 4.69) is 19.9 Å². The lowest BCUT2D eigenvalue weighted by molar-refractivity contribution is 0.0816. The first kappa shape index (κ1) is 14.9. The minimum atomic E-state index is -0.188. The zero-order chi connectivity index (χ0) is 15.2. The van der Waals surface area contributed by atoms with Crippen molar-refractivity contribution in [1.29, 1.82) is 0 Å². The van der Waals surface area contributed by atoms with Crippen molar-refractivity contribution in [3.8, 4) is 0 Å². The molecule has 0 radical (unpaired) electrons. The van der Waals surface area contributed by atoms with Crippen LogP contribution < -0.4 is 5.32 Å². The van der Waals surface area contributed by atoms with Crippen LogP contribution in [-0.2, 0) is 11.3 Å². The van der Waals surface area contributed by atoms with E-state index in [0.717, 1.165) is 36.7 Å². The molecule has 2 aromatic heterocycles. The summed E-state index contributed by atoms with van der Waals surface area (Å²) in [7, 11) is 0. The Bertz CT molecular complexity index is 587. The summed E-state index contributed by atoms with van der Waals surface area (Å²) in [5, 5.41) is 7.16. The molecule has 1 aliphatic rings. The van der Waals surface area contributed by atoms with Gasteiger partial charge in [0.15, 0.2) is 0 Å². The van der Waals surface area contributed by atoms with Crippen molar-refractivity contribution in [3.05, 3.63) is 36.3 Å². The summed E-state index contributed by atoms with van der Waals surface area (Å²) in [5.41, 5.74) is 0.845. The van der Waals surface area contributed by atoms with Gasteiger partial charge in [0.1, 0.15) is 5.00 Å². The molecule has 2 aromatic rings. The number of urea groups is 1. The number of pyridine rings is 1. The quantitative estimate of drug-likeness (QED) is 0.913. The third-order valence-corrected chi connectivity index (χ3v) is 3.99. The van der Waals surface area contributed by atoms with Gasteiger partial charge in [-0.3, -0.25) is 10.3 Å². The molecule has 1 atom stereocenters. The average Bonchev–Trinajstić information content (AvgIpc) is 3.21. The van der Waals surface area contributed by atoms with Crippen LogP contribution in [-0.4, -0.2) is 44.8 Å². The highest BCUT2D eigenvalue weighted by atomic mass is 32.1. The normalized spacial score (nSPS) is 17.4. The molecule has 0 spiro atoms. The maximum atomic E-state index is 12.5. The Balaban J connectivity index is 1.68. The number of nitrogens with zero attached hydrogens (tertiary/aromatic N) is 4. The Morgan fingerprint density at radius 2 is 2.45 bits per heavy atom. The highest BCUT2D eigenvalue weighted by molar-refractivity contribution is 7.10. The lowest BCUT2D eigenvalue weighted by Crippen LogP contribution is -2.39. The number of rotatable bonds is 5. The van der Waals surface area contributed by atoms with Crippen LogP contribution in [0.5, 0.6) is 0 Å². The summed E-state index contributed by atoms with van der Waals surface area (Å²) in [6, 6.07) is 5.49. The first-order chi connectivity index (χ1) is 10.8. The van der Waals surface area contributed by atoms with E-state index >= 15 is 0 Å². The number of hydrogen-bond donors (Lipinski definition) is 1. The zero-order valence-corrected chi connectivity index (χ0v) is 12.8. The van der Waals surface area contributed by atoms with E-state index in [4.69, 9.17) is 4.74 Å². The standard InChI is InChI=1S/C14H17N5O2S/c20-14(17-13-8-16-18-22-13)19(10-12-5-3-7-21-12)9-11-4-1-2-6-15-11/h1-2,4,6,8,12H,3,5,7,9-10H2,(H,17,20)/t12-/m1/s1. The van der Waals surface area contributed by atoms with Gasteiger partial charge in [-0.2, -0.15) is 0 Å². The van der Waals surface area contributed by atoms with Gasteiger partial charge in [0.25, 0.3) is 0 Å². The fraction of sp³-hybridized carbons (Fsp3) is 0.429. The second-order valence-electron chi connectivity index (χ2n) is 5.05. The molecule has 3 rings (SSSR count). The van der Waals surface area contributed by atoms with Gasteiger partial charge in [0.05, 0.1) is 24.5 Å². The molecule has 1 N–H and O–H groups in total. The molecule has 0 unspecified atom stereocenters. The van der Waals surface area contributed by atoms with Gasteiger partial charge >= 0.3 is 6.03 Å². The highest BCUT2D eigenvalue weighted by Crippen LogP contribution is 2.16. The zero-order valence-electron chi connectivity index (χ0n) is 12.0. The summed E-state index contributed by atoms with van der Waals surface area (Å²) in [5.74, 6) is 0. The molecule has 0 bridgehead atoms. The summed E-state index contributed by atoms with van der Waals surface area (Å²) < 4.78 is 9.39. The molecule has 0 aliphatic carbocycles. The van der Waals surface area contributed by atoms with Crippen molar-refractivity contribution < 1.29 is 9.53 Å². The summed E-state index contributed by atoms with van der Waals surface area (Å²) in [6.45, 7) is 1.76. The average molecular weight is 319 g/mol. The van der Waals surface area contributed by atoms with Gasteiger partial charge in [0, 0.05) is 30.9 Å². The Morgan fingerprint density at radius 3 is 3.14 bits per heavy atom. The Labute approximate surface area is 132 Å². The maximum Gasteiger partial charge on any atom is 0.322 e. The number of anilines is 1. The molecular formula is C14H17N5O2S. The molecule has 116 valence electrons. The van der Waals surface area contributed by atoms with Crippen LogP contribution in [0, 0.1) is 0 Å². The smallest absolute Gasteiger partial charge is 0.322 e. The molecule has 7 nitrogen and oxygen atoms in total. The monoisotopic (exact) mass is 319 g/mol. The Hall–Kier alpha value is -2.06. The topological polar surface area (TPSA) is 80.2 Å². The van der Waals surface area contributed by atoms with Crippen LogP contribution >= 0.6 is 11.5 Å². The van der Waals surface area contributed by atoms with Crippen LogP contribution in [0.25, 0.3) is 0 Å². The SMILES string of the molecule is O=C(Nc1cnns1)N(Cc1ccccn1)C[C@H]1CCCO1. The van der Waals surface area contributed by atoms with Crippen molar-refractivity contribution in [1.82, 2.24) is 19.5 Å². The third-order valence-electron chi connectivity index (χ3n) is 3.41. The van der Waals surface area contributed by atoms with Gasteiger partial charge in [-0.25, -0.2) is 4.79 Å². The number of carbonyl (C=O) groups excluding carboxylic acids is 1. The van der Waals surface area contributed by atoms with Crippen molar-refractivity contribution in [2.24, 2.45) is 0 Å². The number of carbonyl (C=O) groups is 1. The molecule has 0 aromatic carbocycles. The lowest BCUT2D eigenvalue weighted by atomic mass is 10.2. The van der Waals surface area contributed by atoms with Gasteiger partial charge < -0.3 is 9.64 Å². The Kier molecular flexibility index (Phi) is 4.92. The molecule has 1 aliphatic heterocycles. The third kappa shape index (κ3) is 3.99. The molecule has 22 heavy (non-hydrogen) atoms. The van der Waals surface area contributed by atoms with E-state index in [9.17, 15) is 4.79 Å². The first-order valence-corrected chi connectivity index (χ1v) is 7.93. The summed E-state index contributed by atoms with van der Waals surface area (Å²) in [6.07, 6.45) is 5.38. The molecule has 1 fully saturated rings. The first-order valence-electron chi connectivity index (χ1n) is 7.16. The molecule has 8 heteroatoms. The van der Waals surface area contributed by atoms with E-state index in [-0.39, 0.29) is 12.1 Å². The molecule has 3 heterocycles. The largest absolute Gasteiger partial charge is 0.376 e. The van der Waals surface area contributed by atoms with E-state index in [1.54, 1.807) is 11.1 Å². The van der Waals surface area contributed by atoms with Gasteiger partial charge in [0.2, 0.25) is 0 Å². The van der Waals surface area contributed by atoms with Crippen molar-refractivity contribution in [2.45, 2.75) is 25.5 Å². The Morgan fingerprint density at radius 1 is 1.50 bits per heavy atom. The highest BCUT2D eigenvalue weighted by Gasteiger charge is 2.23. The number of aromatic nitrogens is 3. The molecule has 1 saturated heterocycles. The van der Waals surface area contributed by atoms with Crippen molar-refractivity contribution in [2.75, 3.05) is 18.5 Å². The van der Waals surface area contributed by atoms with Crippen LogP contribution in [0.15, 0.2) is 30.6 Å². The van der Waals surface area contributed by atoms with Gasteiger partial charge in [-0.1, -0.05) is 10.6 Å². The molecule has 0 saturated carbocycles.